The molecule has 1 fully saturated rings. The number of amides is 1. The summed E-state index contributed by atoms with van der Waals surface area (Å²) in [7, 11) is 0. The number of likely N-dealkylation sites (tertiary alicyclic amines) is 1. The lowest BCUT2D eigenvalue weighted by molar-refractivity contribution is 0.0702. The summed E-state index contributed by atoms with van der Waals surface area (Å²) in [5, 5.41) is 1.99. The molecule has 2 aliphatic rings. The van der Waals surface area contributed by atoms with Crippen LogP contribution in [0.3, 0.4) is 0 Å². The highest BCUT2D eigenvalue weighted by Gasteiger charge is 2.22. The number of benzene rings is 1. The molecule has 25 heavy (non-hydrogen) atoms. The average Bonchev–Trinajstić information content (AvgIpc) is 3.29. The predicted molar refractivity (Wildman–Crippen MR) is 95.5 cm³/mol. The quantitative estimate of drug-likeness (QED) is 0.830. The summed E-state index contributed by atoms with van der Waals surface area (Å²) in [6, 6.07) is 7.48. The SMILES string of the molecule is CC1CCN(C(=O)c2cc(COc3ccc4c(c3)OCO4)cs2)CC1. The van der Waals surface area contributed by atoms with Gasteiger partial charge >= 0.3 is 0 Å². The summed E-state index contributed by atoms with van der Waals surface area (Å²) in [5.41, 5.74) is 1.01. The Bertz CT molecular complexity index is 765. The zero-order valence-corrected chi connectivity index (χ0v) is 15.0. The van der Waals surface area contributed by atoms with Crippen LogP contribution >= 0.6 is 11.3 Å². The second kappa shape index (κ2) is 6.96. The highest BCUT2D eigenvalue weighted by Crippen LogP contribution is 2.35. The van der Waals surface area contributed by atoms with Gasteiger partial charge in [0.05, 0.1) is 4.88 Å². The fourth-order valence-corrected chi connectivity index (χ4v) is 3.93. The van der Waals surface area contributed by atoms with Crippen molar-refractivity contribution in [1.82, 2.24) is 4.90 Å². The van der Waals surface area contributed by atoms with E-state index in [1.165, 1.54) is 11.3 Å². The molecule has 0 spiro atoms. The van der Waals surface area contributed by atoms with E-state index in [0.717, 1.165) is 53.8 Å². The van der Waals surface area contributed by atoms with Gasteiger partial charge in [0.15, 0.2) is 11.5 Å². The molecule has 0 bridgehead atoms. The number of ether oxygens (including phenoxy) is 3. The molecule has 1 aromatic heterocycles. The Morgan fingerprint density at radius 3 is 2.88 bits per heavy atom. The Hall–Kier alpha value is -2.21. The van der Waals surface area contributed by atoms with Crippen LogP contribution in [-0.2, 0) is 6.61 Å². The van der Waals surface area contributed by atoms with E-state index < -0.39 is 0 Å². The van der Waals surface area contributed by atoms with Gasteiger partial charge in [0, 0.05) is 24.7 Å². The van der Waals surface area contributed by atoms with Gasteiger partial charge in [-0.1, -0.05) is 6.92 Å². The number of thiophene rings is 1. The summed E-state index contributed by atoms with van der Waals surface area (Å²) < 4.78 is 16.5. The topological polar surface area (TPSA) is 48.0 Å². The molecule has 1 saturated heterocycles. The lowest BCUT2D eigenvalue weighted by Gasteiger charge is -2.29. The molecule has 2 aromatic rings. The summed E-state index contributed by atoms with van der Waals surface area (Å²) in [6.07, 6.45) is 2.19. The van der Waals surface area contributed by atoms with Gasteiger partial charge in [-0.05, 0) is 42.3 Å². The van der Waals surface area contributed by atoms with Crippen LogP contribution in [0.25, 0.3) is 0 Å². The van der Waals surface area contributed by atoms with E-state index in [0.29, 0.717) is 12.4 Å². The van der Waals surface area contributed by atoms with Crippen LogP contribution in [0.5, 0.6) is 17.2 Å². The summed E-state index contributed by atoms with van der Waals surface area (Å²) >= 11 is 1.49. The number of nitrogens with zero attached hydrogens (tertiary/aromatic N) is 1. The standard InChI is InChI=1S/C19H21NO4S/c1-13-4-6-20(7-5-13)19(21)18-8-14(11-25-18)10-22-15-2-3-16-17(9-15)24-12-23-16/h2-3,8-9,11,13H,4-7,10,12H2,1H3. The van der Waals surface area contributed by atoms with Crippen molar-refractivity contribution < 1.29 is 19.0 Å². The first-order chi connectivity index (χ1) is 12.2. The second-order valence-electron chi connectivity index (χ2n) is 6.60. The zero-order chi connectivity index (χ0) is 17.2. The van der Waals surface area contributed by atoms with Gasteiger partial charge in [-0.15, -0.1) is 11.3 Å². The number of fused-ring (bicyclic) bond motifs is 1. The molecule has 0 unspecified atom stereocenters. The van der Waals surface area contributed by atoms with Crippen molar-refractivity contribution in [3.63, 3.8) is 0 Å². The van der Waals surface area contributed by atoms with E-state index in [4.69, 9.17) is 14.2 Å². The van der Waals surface area contributed by atoms with Crippen molar-refractivity contribution in [3.05, 3.63) is 40.1 Å². The van der Waals surface area contributed by atoms with Crippen LogP contribution in [0, 0.1) is 5.92 Å². The highest BCUT2D eigenvalue weighted by atomic mass is 32.1. The minimum Gasteiger partial charge on any atom is -0.489 e. The van der Waals surface area contributed by atoms with Crippen molar-refractivity contribution >= 4 is 17.2 Å². The summed E-state index contributed by atoms with van der Waals surface area (Å²) in [4.78, 5) is 15.3. The second-order valence-corrected chi connectivity index (χ2v) is 7.51. The van der Waals surface area contributed by atoms with E-state index in [1.807, 2.05) is 34.5 Å². The molecule has 0 radical (unpaired) electrons. The smallest absolute Gasteiger partial charge is 0.263 e. The first-order valence-corrected chi connectivity index (χ1v) is 9.46. The zero-order valence-electron chi connectivity index (χ0n) is 14.2. The molecule has 6 heteroatoms. The molecule has 1 aromatic carbocycles. The molecular formula is C19H21NO4S. The fourth-order valence-electron chi connectivity index (χ4n) is 3.06. The van der Waals surface area contributed by atoms with E-state index in [-0.39, 0.29) is 12.7 Å². The molecule has 132 valence electrons. The lowest BCUT2D eigenvalue weighted by atomic mass is 9.99. The number of hydrogen-bond donors (Lipinski definition) is 0. The normalized spacial score (nSPS) is 16.9. The molecule has 0 saturated carbocycles. The average molecular weight is 359 g/mol. The number of piperidine rings is 1. The third kappa shape index (κ3) is 3.58. The Morgan fingerprint density at radius 1 is 1.24 bits per heavy atom. The van der Waals surface area contributed by atoms with Crippen LogP contribution in [0.2, 0.25) is 0 Å². The molecule has 0 aliphatic carbocycles. The maximum atomic E-state index is 12.6. The van der Waals surface area contributed by atoms with Gasteiger partial charge in [0.1, 0.15) is 12.4 Å². The Morgan fingerprint density at radius 2 is 2.04 bits per heavy atom. The fraction of sp³-hybridized carbons (Fsp3) is 0.421. The minimum absolute atomic E-state index is 0.145. The first kappa shape index (κ1) is 16.3. The van der Waals surface area contributed by atoms with Gasteiger partial charge in [-0.3, -0.25) is 4.79 Å². The number of hydrogen-bond acceptors (Lipinski definition) is 5. The van der Waals surface area contributed by atoms with Crippen molar-refractivity contribution in [3.8, 4) is 17.2 Å². The van der Waals surface area contributed by atoms with E-state index >= 15 is 0 Å². The third-order valence-corrected chi connectivity index (χ3v) is 5.65. The number of rotatable bonds is 4. The van der Waals surface area contributed by atoms with Crippen LogP contribution in [-0.4, -0.2) is 30.7 Å². The molecule has 0 atom stereocenters. The molecular weight excluding hydrogens is 338 g/mol. The molecule has 1 amide bonds. The molecule has 3 heterocycles. The van der Waals surface area contributed by atoms with Gasteiger partial charge in [-0.2, -0.15) is 0 Å². The lowest BCUT2D eigenvalue weighted by Crippen LogP contribution is -2.37. The maximum absolute atomic E-state index is 12.6. The largest absolute Gasteiger partial charge is 0.489 e. The van der Waals surface area contributed by atoms with E-state index in [9.17, 15) is 4.79 Å². The van der Waals surface area contributed by atoms with Crippen molar-refractivity contribution in [1.29, 1.82) is 0 Å². The third-order valence-electron chi connectivity index (χ3n) is 4.68. The molecule has 5 nitrogen and oxygen atoms in total. The molecule has 0 N–H and O–H groups in total. The van der Waals surface area contributed by atoms with Crippen LogP contribution in [0.1, 0.15) is 35.0 Å². The van der Waals surface area contributed by atoms with Gasteiger partial charge in [-0.25, -0.2) is 0 Å². The first-order valence-electron chi connectivity index (χ1n) is 8.58. The van der Waals surface area contributed by atoms with Gasteiger partial charge < -0.3 is 19.1 Å². The number of carbonyl (C=O) groups excluding carboxylic acids is 1. The maximum Gasteiger partial charge on any atom is 0.263 e. The summed E-state index contributed by atoms with van der Waals surface area (Å²) in [6.45, 7) is 4.66. The van der Waals surface area contributed by atoms with Crippen molar-refractivity contribution in [2.45, 2.75) is 26.4 Å². The van der Waals surface area contributed by atoms with E-state index in [1.54, 1.807) is 0 Å². The van der Waals surface area contributed by atoms with Crippen molar-refractivity contribution in [2.75, 3.05) is 19.9 Å². The molecule has 2 aliphatic heterocycles. The predicted octanol–water partition coefficient (Wildman–Crippen LogP) is 3.93. The Balaban J connectivity index is 1.36. The van der Waals surface area contributed by atoms with Crippen LogP contribution < -0.4 is 14.2 Å². The van der Waals surface area contributed by atoms with Gasteiger partial charge in [0.2, 0.25) is 6.79 Å². The number of carbonyl (C=O) groups is 1. The monoisotopic (exact) mass is 359 g/mol. The minimum atomic E-state index is 0.145. The van der Waals surface area contributed by atoms with Crippen molar-refractivity contribution in [2.24, 2.45) is 5.92 Å². The Labute approximate surface area is 151 Å². The molecule has 4 rings (SSSR count). The van der Waals surface area contributed by atoms with E-state index in [2.05, 4.69) is 6.92 Å². The van der Waals surface area contributed by atoms with Crippen LogP contribution in [0.4, 0.5) is 0 Å². The van der Waals surface area contributed by atoms with Crippen LogP contribution in [0.15, 0.2) is 29.6 Å². The highest BCUT2D eigenvalue weighted by molar-refractivity contribution is 7.12. The van der Waals surface area contributed by atoms with Gasteiger partial charge in [0.25, 0.3) is 5.91 Å². The summed E-state index contributed by atoms with van der Waals surface area (Å²) in [5.74, 6) is 3.04. The Kier molecular flexibility index (Phi) is 4.53.